The molecule has 1 fully saturated rings. The number of carbonyl (C=O) groups excluding carboxylic acids is 1. The Balaban J connectivity index is 1.60. The number of rotatable bonds is 4. The Morgan fingerprint density at radius 3 is 2.89 bits per heavy atom. The van der Waals surface area contributed by atoms with Gasteiger partial charge in [-0.05, 0) is 56.5 Å². The van der Waals surface area contributed by atoms with Gasteiger partial charge in [-0.15, -0.1) is 0 Å². The van der Waals surface area contributed by atoms with E-state index in [4.69, 9.17) is 9.73 Å². The maximum absolute atomic E-state index is 12.6. The van der Waals surface area contributed by atoms with Crippen LogP contribution in [0, 0.1) is 6.92 Å². The standard InChI is InChI=1S/C22H24N2O2S/c1-3-18-17-11-14(2)6-8-20(17)27-21-9-7-15(12-19(21)24-18)22(25)23-13-16-5-4-10-26-16/h6-9,11-12,16H,3-5,10,13H2,1-2H3,(H,23,25). The molecule has 2 aromatic rings. The van der Waals surface area contributed by atoms with Crippen LogP contribution >= 0.6 is 11.8 Å². The van der Waals surface area contributed by atoms with E-state index in [1.807, 2.05) is 18.2 Å². The Kier molecular flexibility index (Phi) is 5.32. The summed E-state index contributed by atoms with van der Waals surface area (Å²) in [4.78, 5) is 19.8. The lowest BCUT2D eigenvalue weighted by Crippen LogP contribution is -2.31. The third-order valence-corrected chi connectivity index (χ3v) is 6.13. The lowest BCUT2D eigenvalue weighted by Gasteiger charge is -2.11. The molecule has 2 aromatic carbocycles. The highest BCUT2D eigenvalue weighted by Crippen LogP contribution is 2.41. The van der Waals surface area contributed by atoms with Gasteiger partial charge in [0.25, 0.3) is 5.91 Å². The van der Waals surface area contributed by atoms with Gasteiger partial charge in [-0.1, -0.05) is 30.3 Å². The zero-order chi connectivity index (χ0) is 18.8. The quantitative estimate of drug-likeness (QED) is 0.821. The molecule has 1 atom stereocenters. The van der Waals surface area contributed by atoms with Crippen LogP contribution < -0.4 is 5.32 Å². The van der Waals surface area contributed by atoms with Gasteiger partial charge >= 0.3 is 0 Å². The van der Waals surface area contributed by atoms with Crippen LogP contribution in [-0.4, -0.2) is 30.9 Å². The van der Waals surface area contributed by atoms with E-state index in [0.717, 1.165) is 42.2 Å². The predicted octanol–water partition coefficient (Wildman–Crippen LogP) is 4.90. The Hall–Kier alpha value is -2.11. The van der Waals surface area contributed by atoms with Crippen molar-refractivity contribution in [2.75, 3.05) is 13.2 Å². The lowest BCUT2D eigenvalue weighted by atomic mass is 10.0. The first kappa shape index (κ1) is 18.3. The van der Waals surface area contributed by atoms with Crippen molar-refractivity contribution in [1.82, 2.24) is 5.32 Å². The number of amides is 1. The van der Waals surface area contributed by atoms with Crippen LogP contribution in [0.3, 0.4) is 0 Å². The topological polar surface area (TPSA) is 50.7 Å². The minimum atomic E-state index is -0.0656. The predicted molar refractivity (Wildman–Crippen MR) is 110 cm³/mol. The Morgan fingerprint density at radius 1 is 1.26 bits per heavy atom. The van der Waals surface area contributed by atoms with Crippen molar-refractivity contribution in [2.45, 2.75) is 49.0 Å². The summed E-state index contributed by atoms with van der Waals surface area (Å²) in [6, 6.07) is 12.3. The third-order valence-electron chi connectivity index (χ3n) is 4.99. The highest BCUT2D eigenvalue weighted by molar-refractivity contribution is 7.99. The average molecular weight is 381 g/mol. The molecule has 1 amide bonds. The average Bonchev–Trinajstić information content (AvgIpc) is 3.14. The van der Waals surface area contributed by atoms with Gasteiger partial charge in [-0.3, -0.25) is 9.79 Å². The molecule has 4 rings (SSSR count). The number of nitrogens with zero attached hydrogens (tertiary/aromatic N) is 1. The molecule has 140 valence electrons. The number of hydrogen-bond donors (Lipinski definition) is 1. The third kappa shape index (κ3) is 3.94. The molecule has 0 aliphatic carbocycles. The van der Waals surface area contributed by atoms with Crippen LogP contribution in [0.25, 0.3) is 0 Å². The van der Waals surface area contributed by atoms with Gasteiger partial charge in [0, 0.05) is 39.8 Å². The van der Waals surface area contributed by atoms with E-state index in [9.17, 15) is 4.79 Å². The fraction of sp³-hybridized carbons (Fsp3) is 0.364. The molecule has 27 heavy (non-hydrogen) atoms. The fourth-order valence-electron chi connectivity index (χ4n) is 3.50. The highest BCUT2D eigenvalue weighted by atomic mass is 32.2. The van der Waals surface area contributed by atoms with E-state index in [1.54, 1.807) is 11.8 Å². The summed E-state index contributed by atoms with van der Waals surface area (Å²) in [5.41, 5.74) is 5.01. The molecule has 2 aliphatic heterocycles. The maximum Gasteiger partial charge on any atom is 0.251 e. The van der Waals surface area contributed by atoms with E-state index < -0.39 is 0 Å². The summed E-state index contributed by atoms with van der Waals surface area (Å²) in [6.45, 7) is 5.59. The van der Waals surface area contributed by atoms with Crippen molar-refractivity contribution in [3.05, 3.63) is 53.1 Å². The SMILES string of the molecule is CCC1=Nc2cc(C(=O)NCC3CCCO3)ccc2Sc2ccc(C)cc21. The van der Waals surface area contributed by atoms with Crippen LogP contribution in [0.4, 0.5) is 5.69 Å². The monoisotopic (exact) mass is 380 g/mol. The minimum absolute atomic E-state index is 0.0656. The van der Waals surface area contributed by atoms with Gasteiger partial charge in [0.2, 0.25) is 0 Å². The molecule has 5 heteroatoms. The second-order valence-corrected chi connectivity index (χ2v) is 8.13. The van der Waals surface area contributed by atoms with Crippen LogP contribution in [-0.2, 0) is 4.74 Å². The van der Waals surface area contributed by atoms with Crippen molar-refractivity contribution in [2.24, 2.45) is 4.99 Å². The number of nitrogens with one attached hydrogen (secondary N) is 1. The number of aliphatic imine (C=N–C) groups is 1. The first-order chi connectivity index (χ1) is 13.1. The fourth-order valence-corrected chi connectivity index (χ4v) is 4.50. The van der Waals surface area contributed by atoms with Gasteiger partial charge in [0.1, 0.15) is 0 Å². The van der Waals surface area contributed by atoms with Crippen LogP contribution in [0.1, 0.15) is 47.7 Å². The second-order valence-electron chi connectivity index (χ2n) is 7.04. The molecule has 2 aliphatic rings. The van der Waals surface area contributed by atoms with Gasteiger partial charge in [-0.2, -0.15) is 0 Å². The number of hydrogen-bond acceptors (Lipinski definition) is 4. The summed E-state index contributed by atoms with van der Waals surface area (Å²) in [7, 11) is 0. The number of fused-ring (bicyclic) bond motifs is 2. The first-order valence-corrected chi connectivity index (χ1v) is 10.4. The lowest BCUT2D eigenvalue weighted by molar-refractivity contribution is 0.0858. The highest BCUT2D eigenvalue weighted by Gasteiger charge is 2.20. The molecule has 4 nitrogen and oxygen atoms in total. The molecule has 2 heterocycles. The van der Waals surface area contributed by atoms with Crippen molar-refractivity contribution in [1.29, 1.82) is 0 Å². The van der Waals surface area contributed by atoms with Crippen molar-refractivity contribution < 1.29 is 9.53 Å². The van der Waals surface area contributed by atoms with E-state index in [2.05, 4.69) is 37.4 Å². The van der Waals surface area contributed by atoms with Gasteiger partial charge in [-0.25, -0.2) is 0 Å². The van der Waals surface area contributed by atoms with Gasteiger partial charge < -0.3 is 10.1 Å². The Bertz CT molecular complexity index is 901. The molecule has 1 N–H and O–H groups in total. The Morgan fingerprint density at radius 2 is 2.11 bits per heavy atom. The summed E-state index contributed by atoms with van der Waals surface area (Å²) >= 11 is 1.72. The zero-order valence-corrected chi connectivity index (χ0v) is 16.6. The molecule has 0 spiro atoms. The Labute approximate surface area is 164 Å². The largest absolute Gasteiger partial charge is 0.376 e. The van der Waals surface area contributed by atoms with Crippen molar-refractivity contribution in [3.8, 4) is 0 Å². The first-order valence-electron chi connectivity index (χ1n) is 9.54. The van der Waals surface area contributed by atoms with Crippen LogP contribution in [0.15, 0.2) is 51.2 Å². The summed E-state index contributed by atoms with van der Waals surface area (Å²) in [5, 5.41) is 2.99. The van der Waals surface area contributed by atoms with Crippen LogP contribution in [0.5, 0.6) is 0 Å². The summed E-state index contributed by atoms with van der Waals surface area (Å²) < 4.78 is 5.58. The number of carbonyl (C=O) groups is 1. The number of ether oxygens (including phenoxy) is 1. The molecular formula is C22H24N2O2S. The normalized spacial score (nSPS) is 18.3. The van der Waals surface area contributed by atoms with Crippen molar-refractivity contribution in [3.63, 3.8) is 0 Å². The minimum Gasteiger partial charge on any atom is -0.376 e. The maximum atomic E-state index is 12.6. The van der Waals surface area contributed by atoms with Gasteiger partial charge in [0.05, 0.1) is 11.8 Å². The second kappa shape index (κ2) is 7.87. The number of benzene rings is 2. The molecule has 0 bridgehead atoms. The number of aryl methyl sites for hydroxylation is 1. The van der Waals surface area contributed by atoms with Crippen LogP contribution in [0.2, 0.25) is 0 Å². The molecule has 0 saturated carbocycles. The van der Waals surface area contributed by atoms with Crippen molar-refractivity contribution >= 4 is 29.1 Å². The van der Waals surface area contributed by atoms with Gasteiger partial charge in [0.15, 0.2) is 0 Å². The zero-order valence-electron chi connectivity index (χ0n) is 15.7. The van der Waals surface area contributed by atoms with E-state index in [0.29, 0.717) is 12.1 Å². The summed E-state index contributed by atoms with van der Waals surface area (Å²) in [6.07, 6.45) is 3.09. The van der Waals surface area contributed by atoms with E-state index in [1.165, 1.54) is 16.0 Å². The molecular weight excluding hydrogens is 356 g/mol. The molecule has 1 saturated heterocycles. The molecule has 0 aromatic heterocycles. The van der Waals surface area contributed by atoms with E-state index >= 15 is 0 Å². The summed E-state index contributed by atoms with van der Waals surface area (Å²) in [5.74, 6) is -0.0656. The van der Waals surface area contributed by atoms with E-state index in [-0.39, 0.29) is 12.0 Å². The molecule has 1 unspecified atom stereocenters. The smallest absolute Gasteiger partial charge is 0.251 e. The molecule has 0 radical (unpaired) electrons.